The summed E-state index contributed by atoms with van der Waals surface area (Å²) in [6.45, 7) is 0. The molecule has 0 saturated heterocycles. The average molecular weight is 445 g/mol. The zero-order valence-electron chi connectivity index (χ0n) is 16.7. The molecular formula is C21H21ClN4O3S. The second kappa shape index (κ2) is 8.73. The summed E-state index contributed by atoms with van der Waals surface area (Å²) >= 11 is 5.97. The number of nitrogens with zero attached hydrogens (tertiary/aromatic N) is 3. The van der Waals surface area contributed by atoms with E-state index in [4.69, 9.17) is 11.6 Å². The number of benzene rings is 2. The Balaban J connectivity index is 1.83. The number of hydrogen-bond acceptors (Lipinski definition) is 5. The quantitative estimate of drug-likeness (QED) is 0.623. The molecule has 0 aliphatic rings. The summed E-state index contributed by atoms with van der Waals surface area (Å²) in [5.74, 6) is 0.321. The number of nitrogens with one attached hydrogen (secondary N) is 1. The molecule has 9 heteroatoms. The molecule has 0 aliphatic heterocycles. The molecule has 0 spiro atoms. The minimum Gasteiger partial charge on any atom is -0.363 e. The lowest BCUT2D eigenvalue weighted by atomic mass is 10.2. The normalized spacial score (nSPS) is 11.1. The van der Waals surface area contributed by atoms with Gasteiger partial charge in [0.2, 0.25) is 0 Å². The Kier molecular flexibility index (Phi) is 6.28. The summed E-state index contributed by atoms with van der Waals surface area (Å²) in [7, 11) is 1.30. The molecule has 0 aliphatic carbocycles. The number of carbonyl (C=O) groups is 1. The molecule has 3 aromatic rings. The zero-order chi connectivity index (χ0) is 21.9. The summed E-state index contributed by atoms with van der Waals surface area (Å²) < 4.78 is 27.2. The largest absolute Gasteiger partial charge is 0.363 e. The molecule has 1 aromatic heterocycles. The molecular weight excluding hydrogens is 424 g/mol. The fourth-order valence-electron chi connectivity index (χ4n) is 2.69. The van der Waals surface area contributed by atoms with Crippen LogP contribution in [0.25, 0.3) is 0 Å². The highest BCUT2D eigenvalue weighted by molar-refractivity contribution is 7.92. The second-order valence-corrected chi connectivity index (χ2v) is 9.14. The number of anilines is 3. The molecule has 0 atom stereocenters. The van der Waals surface area contributed by atoms with Crippen molar-refractivity contribution in [3.8, 4) is 0 Å². The van der Waals surface area contributed by atoms with Crippen molar-refractivity contribution >= 4 is 44.7 Å². The molecule has 30 heavy (non-hydrogen) atoms. The van der Waals surface area contributed by atoms with Gasteiger partial charge >= 0.3 is 0 Å². The number of rotatable bonds is 6. The summed E-state index contributed by atoms with van der Waals surface area (Å²) in [6, 6.07) is 15.9. The van der Waals surface area contributed by atoms with E-state index in [9.17, 15) is 13.2 Å². The number of pyridine rings is 1. The lowest BCUT2D eigenvalue weighted by Crippen LogP contribution is -2.26. The Morgan fingerprint density at radius 1 is 1.00 bits per heavy atom. The monoisotopic (exact) mass is 444 g/mol. The highest BCUT2D eigenvalue weighted by Crippen LogP contribution is 2.25. The van der Waals surface area contributed by atoms with E-state index < -0.39 is 15.9 Å². The van der Waals surface area contributed by atoms with Gasteiger partial charge in [0.25, 0.3) is 15.9 Å². The van der Waals surface area contributed by atoms with Gasteiger partial charge in [-0.25, -0.2) is 13.4 Å². The van der Waals surface area contributed by atoms with Crippen LogP contribution < -0.4 is 14.5 Å². The molecule has 0 bridgehead atoms. The van der Waals surface area contributed by atoms with E-state index in [0.29, 0.717) is 16.4 Å². The topological polar surface area (TPSA) is 82.6 Å². The standard InChI is InChI=1S/C21H21ClN4O3S/c1-25(2)20-11-10-17(14-23-20)24-21(27)15-6-4-9-19(12-15)30(28,29)26(3)18-8-5-7-16(22)13-18/h4-14H,1-3H3,(H,24,27). The highest BCUT2D eigenvalue weighted by Gasteiger charge is 2.22. The smallest absolute Gasteiger partial charge is 0.264 e. The van der Waals surface area contributed by atoms with E-state index in [-0.39, 0.29) is 10.5 Å². The van der Waals surface area contributed by atoms with Crippen molar-refractivity contribution < 1.29 is 13.2 Å². The Morgan fingerprint density at radius 2 is 1.73 bits per heavy atom. The number of hydrogen-bond donors (Lipinski definition) is 1. The van der Waals surface area contributed by atoms with E-state index >= 15 is 0 Å². The van der Waals surface area contributed by atoms with E-state index in [2.05, 4.69) is 10.3 Å². The molecule has 2 aromatic carbocycles. The molecule has 7 nitrogen and oxygen atoms in total. The second-order valence-electron chi connectivity index (χ2n) is 6.73. The number of amides is 1. The number of carbonyl (C=O) groups excluding carboxylic acids is 1. The minimum absolute atomic E-state index is 0.00120. The van der Waals surface area contributed by atoms with E-state index in [0.717, 1.165) is 10.1 Å². The third kappa shape index (κ3) is 4.72. The molecule has 0 fully saturated rings. The summed E-state index contributed by atoms with van der Waals surface area (Å²) in [5.41, 5.74) is 1.14. The maximum Gasteiger partial charge on any atom is 0.264 e. The third-order valence-electron chi connectivity index (χ3n) is 4.39. The Hall–Kier alpha value is -3.10. The van der Waals surface area contributed by atoms with Crippen LogP contribution in [0, 0.1) is 0 Å². The van der Waals surface area contributed by atoms with Crippen molar-refractivity contribution in [2.24, 2.45) is 0 Å². The van der Waals surface area contributed by atoms with Gasteiger partial charge in [0, 0.05) is 31.7 Å². The van der Waals surface area contributed by atoms with Gasteiger partial charge in [-0.15, -0.1) is 0 Å². The van der Waals surface area contributed by atoms with Gasteiger partial charge in [0.1, 0.15) is 5.82 Å². The predicted molar refractivity (Wildman–Crippen MR) is 120 cm³/mol. The molecule has 3 rings (SSSR count). The first-order valence-corrected chi connectivity index (χ1v) is 10.8. The van der Waals surface area contributed by atoms with Crippen molar-refractivity contribution in [1.82, 2.24) is 4.98 Å². The third-order valence-corrected chi connectivity index (χ3v) is 6.41. The Bertz CT molecular complexity index is 1160. The summed E-state index contributed by atoms with van der Waals surface area (Å²) in [5, 5.41) is 3.15. The van der Waals surface area contributed by atoms with Crippen LogP contribution in [0.5, 0.6) is 0 Å². The van der Waals surface area contributed by atoms with Crippen LogP contribution in [0.4, 0.5) is 17.2 Å². The van der Waals surface area contributed by atoms with Crippen LogP contribution in [0.15, 0.2) is 71.8 Å². The maximum absolute atomic E-state index is 13.0. The van der Waals surface area contributed by atoms with Crippen LogP contribution in [-0.4, -0.2) is 40.5 Å². The van der Waals surface area contributed by atoms with Crippen LogP contribution in [0.1, 0.15) is 10.4 Å². The number of aromatic nitrogens is 1. The van der Waals surface area contributed by atoms with Crippen LogP contribution in [-0.2, 0) is 10.0 Å². The molecule has 1 heterocycles. The van der Waals surface area contributed by atoms with E-state index in [1.807, 2.05) is 19.0 Å². The van der Waals surface area contributed by atoms with Gasteiger partial charge < -0.3 is 10.2 Å². The number of sulfonamides is 1. The fraction of sp³-hybridized carbons (Fsp3) is 0.143. The van der Waals surface area contributed by atoms with E-state index in [1.54, 1.807) is 48.7 Å². The molecule has 0 saturated carbocycles. The molecule has 0 unspecified atom stereocenters. The average Bonchev–Trinajstić information content (AvgIpc) is 2.73. The highest BCUT2D eigenvalue weighted by atomic mass is 35.5. The minimum atomic E-state index is -3.88. The van der Waals surface area contributed by atoms with Crippen LogP contribution >= 0.6 is 11.6 Å². The number of halogens is 1. The first-order chi connectivity index (χ1) is 14.2. The van der Waals surface area contributed by atoms with Crippen molar-refractivity contribution in [1.29, 1.82) is 0 Å². The van der Waals surface area contributed by atoms with Gasteiger partial charge in [0.05, 0.1) is 22.5 Å². The van der Waals surface area contributed by atoms with Gasteiger partial charge in [-0.3, -0.25) is 9.10 Å². The lowest BCUT2D eigenvalue weighted by molar-refractivity contribution is 0.102. The van der Waals surface area contributed by atoms with Crippen LogP contribution in [0.2, 0.25) is 5.02 Å². The first kappa shape index (κ1) is 21.6. The fourth-order valence-corrected chi connectivity index (χ4v) is 4.11. The van der Waals surface area contributed by atoms with Gasteiger partial charge in [0.15, 0.2) is 0 Å². The van der Waals surface area contributed by atoms with Crippen molar-refractivity contribution in [2.45, 2.75) is 4.90 Å². The molecule has 1 amide bonds. The van der Waals surface area contributed by atoms with E-state index in [1.165, 1.54) is 25.2 Å². The predicted octanol–water partition coefficient (Wildman–Crippen LogP) is 3.88. The SMILES string of the molecule is CN(C)c1ccc(NC(=O)c2cccc(S(=O)(=O)N(C)c3cccc(Cl)c3)c2)cn1. The van der Waals surface area contributed by atoms with Crippen molar-refractivity contribution in [2.75, 3.05) is 35.7 Å². The lowest BCUT2D eigenvalue weighted by Gasteiger charge is -2.20. The first-order valence-electron chi connectivity index (χ1n) is 8.98. The zero-order valence-corrected chi connectivity index (χ0v) is 18.3. The molecule has 156 valence electrons. The Morgan fingerprint density at radius 3 is 2.37 bits per heavy atom. The Labute approximate surface area is 181 Å². The molecule has 1 N–H and O–H groups in total. The van der Waals surface area contributed by atoms with Gasteiger partial charge in [-0.2, -0.15) is 0 Å². The summed E-state index contributed by atoms with van der Waals surface area (Å²) in [4.78, 5) is 18.7. The van der Waals surface area contributed by atoms with Gasteiger partial charge in [-0.1, -0.05) is 23.7 Å². The van der Waals surface area contributed by atoms with Gasteiger partial charge in [-0.05, 0) is 48.5 Å². The van der Waals surface area contributed by atoms with Crippen molar-refractivity contribution in [3.63, 3.8) is 0 Å². The summed E-state index contributed by atoms with van der Waals surface area (Å²) in [6.07, 6.45) is 1.54. The van der Waals surface area contributed by atoms with Crippen molar-refractivity contribution in [3.05, 3.63) is 77.4 Å². The maximum atomic E-state index is 13.0. The molecule has 0 radical (unpaired) electrons. The van der Waals surface area contributed by atoms with Crippen LogP contribution in [0.3, 0.4) is 0 Å².